The minimum atomic E-state index is -0.488. The molecule has 0 aliphatic rings. The summed E-state index contributed by atoms with van der Waals surface area (Å²) in [6.07, 6.45) is 1.37. The van der Waals surface area contributed by atoms with E-state index in [2.05, 4.69) is 10.6 Å². The van der Waals surface area contributed by atoms with Gasteiger partial charge in [0.25, 0.3) is 11.5 Å². The molecule has 0 aliphatic heterocycles. The number of rotatable bonds is 5. The molecule has 0 aliphatic carbocycles. The first-order valence-corrected chi connectivity index (χ1v) is 8.24. The lowest BCUT2D eigenvalue weighted by Crippen LogP contribution is -2.36. The van der Waals surface area contributed by atoms with Crippen LogP contribution < -0.4 is 16.2 Å². The molecule has 1 unspecified atom stereocenters. The topological polar surface area (TPSA) is 83.4 Å². The van der Waals surface area contributed by atoms with Crippen LogP contribution in [0.3, 0.4) is 0 Å². The minimum Gasteiger partial charge on any atom is -0.394 e. The Labute approximate surface area is 151 Å². The van der Waals surface area contributed by atoms with Gasteiger partial charge in [0.05, 0.1) is 23.5 Å². The molecule has 3 N–H and O–H groups in total. The number of nitrogens with zero attached hydrogens (tertiary/aromatic N) is 1. The van der Waals surface area contributed by atoms with Gasteiger partial charge in [0, 0.05) is 28.9 Å². The number of anilines is 2. The average molecular weight is 445 g/mol. The number of aliphatic hydroxyl groups excluding tert-OH is 1. The van der Waals surface area contributed by atoms with E-state index in [9.17, 15) is 14.0 Å². The summed E-state index contributed by atoms with van der Waals surface area (Å²) in [5.74, 6) is -0.960. The van der Waals surface area contributed by atoms with E-state index in [1.165, 1.54) is 36.0 Å². The van der Waals surface area contributed by atoms with Crippen LogP contribution in [-0.4, -0.2) is 28.2 Å². The smallest absolute Gasteiger partial charge is 0.255 e. The Morgan fingerprint density at radius 2 is 2.08 bits per heavy atom. The lowest BCUT2D eigenvalue weighted by molar-refractivity contribution is 0.0922. The number of amides is 1. The zero-order chi connectivity index (χ0) is 17.9. The molecule has 0 radical (unpaired) electrons. The van der Waals surface area contributed by atoms with Crippen molar-refractivity contribution in [1.82, 2.24) is 9.88 Å². The fourth-order valence-corrected chi connectivity index (χ4v) is 2.45. The summed E-state index contributed by atoms with van der Waals surface area (Å²) < 4.78 is 16.0. The summed E-state index contributed by atoms with van der Waals surface area (Å²) in [5.41, 5.74) is 0.194. The zero-order valence-electron chi connectivity index (χ0n) is 13.1. The van der Waals surface area contributed by atoms with Crippen molar-refractivity contribution in [2.75, 3.05) is 11.9 Å². The molecule has 6 nitrogen and oxygen atoms in total. The average Bonchev–Trinajstić information content (AvgIpc) is 2.52. The van der Waals surface area contributed by atoms with Gasteiger partial charge < -0.3 is 20.3 Å². The number of hydrogen-bond acceptors (Lipinski definition) is 4. The molecule has 2 rings (SSSR count). The third kappa shape index (κ3) is 4.32. The maximum atomic E-state index is 14.0. The number of benzene rings is 1. The van der Waals surface area contributed by atoms with Gasteiger partial charge in [0.2, 0.25) is 0 Å². The van der Waals surface area contributed by atoms with Crippen LogP contribution >= 0.6 is 22.6 Å². The van der Waals surface area contributed by atoms with E-state index in [1.807, 2.05) is 22.6 Å². The van der Waals surface area contributed by atoms with E-state index in [1.54, 1.807) is 13.0 Å². The molecule has 1 aromatic carbocycles. The molecule has 24 heavy (non-hydrogen) atoms. The molecule has 2 aromatic rings. The maximum absolute atomic E-state index is 14.0. The Hall–Kier alpha value is -1.94. The number of carbonyl (C=O) groups is 1. The molecule has 0 bridgehead atoms. The largest absolute Gasteiger partial charge is 0.394 e. The van der Waals surface area contributed by atoms with Crippen LogP contribution in [0.5, 0.6) is 0 Å². The molecule has 0 saturated carbocycles. The molecule has 128 valence electrons. The highest BCUT2D eigenvalue weighted by Crippen LogP contribution is 2.23. The van der Waals surface area contributed by atoms with Crippen molar-refractivity contribution in [2.24, 2.45) is 7.05 Å². The molecule has 1 aromatic heterocycles. The molecule has 0 spiro atoms. The van der Waals surface area contributed by atoms with Crippen LogP contribution in [0, 0.1) is 9.39 Å². The maximum Gasteiger partial charge on any atom is 0.255 e. The molecular weight excluding hydrogens is 428 g/mol. The normalized spacial score (nSPS) is 11.9. The van der Waals surface area contributed by atoms with Crippen LogP contribution in [0.2, 0.25) is 0 Å². The first-order valence-electron chi connectivity index (χ1n) is 7.16. The van der Waals surface area contributed by atoms with Gasteiger partial charge in [0.15, 0.2) is 0 Å². The van der Waals surface area contributed by atoms with Crippen LogP contribution in [0.4, 0.5) is 15.8 Å². The Balaban J connectivity index is 2.42. The Morgan fingerprint density at radius 3 is 2.71 bits per heavy atom. The van der Waals surface area contributed by atoms with Gasteiger partial charge >= 0.3 is 0 Å². The third-order valence-electron chi connectivity index (χ3n) is 3.32. The van der Waals surface area contributed by atoms with Crippen LogP contribution in [0.1, 0.15) is 17.3 Å². The monoisotopic (exact) mass is 445 g/mol. The number of carbonyl (C=O) groups excluding carboxylic acids is 1. The summed E-state index contributed by atoms with van der Waals surface area (Å²) in [4.78, 5) is 24.2. The second-order valence-electron chi connectivity index (χ2n) is 5.36. The van der Waals surface area contributed by atoms with Gasteiger partial charge in [-0.15, -0.1) is 0 Å². The number of halogens is 2. The first-order chi connectivity index (χ1) is 11.3. The van der Waals surface area contributed by atoms with Crippen molar-refractivity contribution >= 4 is 39.9 Å². The van der Waals surface area contributed by atoms with Gasteiger partial charge in [-0.05, 0) is 47.7 Å². The summed E-state index contributed by atoms with van der Waals surface area (Å²) in [7, 11) is 1.52. The Bertz CT molecular complexity index is 823. The van der Waals surface area contributed by atoms with E-state index >= 15 is 0 Å². The number of aromatic nitrogens is 1. The molecule has 0 saturated heterocycles. The lowest BCUT2D eigenvalue weighted by Gasteiger charge is -2.16. The zero-order valence-corrected chi connectivity index (χ0v) is 15.3. The van der Waals surface area contributed by atoms with E-state index < -0.39 is 17.8 Å². The first kappa shape index (κ1) is 18.4. The number of nitrogens with one attached hydrogen (secondary N) is 2. The van der Waals surface area contributed by atoms with E-state index in [0.717, 1.165) is 3.57 Å². The fraction of sp³-hybridized carbons (Fsp3) is 0.250. The minimum absolute atomic E-state index is 0.160. The molecule has 1 heterocycles. The van der Waals surface area contributed by atoms with E-state index in [-0.39, 0.29) is 29.1 Å². The van der Waals surface area contributed by atoms with E-state index in [0.29, 0.717) is 0 Å². The lowest BCUT2D eigenvalue weighted by atomic mass is 10.2. The van der Waals surface area contributed by atoms with Crippen molar-refractivity contribution in [3.8, 4) is 0 Å². The Kier molecular flexibility index (Phi) is 5.94. The van der Waals surface area contributed by atoms with Crippen LogP contribution in [0.15, 0.2) is 35.3 Å². The van der Waals surface area contributed by atoms with Gasteiger partial charge in [-0.3, -0.25) is 9.59 Å². The van der Waals surface area contributed by atoms with E-state index in [4.69, 9.17) is 5.11 Å². The highest BCUT2D eigenvalue weighted by Gasteiger charge is 2.16. The third-order valence-corrected chi connectivity index (χ3v) is 4.00. The van der Waals surface area contributed by atoms with Crippen molar-refractivity contribution in [1.29, 1.82) is 0 Å². The van der Waals surface area contributed by atoms with Crippen molar-refractivity contribution < 1.29 is 14.3 Å². The predicted molar refractivity (Wildman–Crippen MR) is 98.1 cm³/mol. The van der Waals surface area contributed by atoms with Gasteiger partial charge in [-0.1, -0.05) is 0 Å². The summed E-state index contributed by atoms with van der Waals surface area (Å²) >= 11 is 1.99. The van der Waals surface area contributed by atoms with Crippen molar-refractivity contribution in [3.05, 3.63) is 55.8 Å². The van der Waals surface area contributed by atoms with Gasteiger partial charge in [-0.2, -0.15) is 0 Å². The summed E-state index contributed by atoms with van der Waals surface area (Å²) in [5, 5.41) is 14.5. The molecule has 8 heteroatoms. The molecule has 0 fully saturated rings. The van der Waals surface area contributed by atoms with Crippen molar-refractivity contribution in [2.45, 2.75) is 13.0 Å². The SMILES string of the molecule is CC(CO)NC(=O)c1cn(C)c(=O)cc1Nc1ccc(I)cc1F. The predicted octanol–water partition coefficient (Wildman–Crippen LogP) is 1.98. The Morgan fingerprint density at radius 1 is 1.38 bits per heavy atom. The quantitative estimate of drug-likeness (QED) is 0.615. The second kappa shape index (κ2) is 7.75. The van der Waals surface area contributed by atoms with Crippen LogP contribution in [0.25, 0.3) is 0 Å². The highest BCUT2D eigenvalue weighted by molar-refractivity contribution is 14.1. The molecule has 1 atom stereocenters. The number of aliphatic hydroxyl groups is 1. The highest BCUT2D eigenvalue weighted by atomic mass is 127. The summed E-state index contributed by atoms with van der Waals surface area (Å²) in [6, 6.07) is 5.37. The number of aryl methyl sites for hydroxylation is 1. The molecule has 1 amide bonds. The second-order valence-corrected chi connectivity index (χ2v) is 6.60. The number of hydrogen-bond donors (Lipinski definition) is 3. The van der Waals surface area contributed by atoms with Crippen LogP contribution in [-0.2, 0) is 7.05 Å². The summed E-state index contributed by atoms with van der Waals surface area (Å²) in [6.45, 7) is 1.43. The fourth-order valence-electron chi connectivity index (χ4n) is 2.00. The molecular formula is C16H17FIN3O3. The number of pyridine rings is 1. The van der Waals surface area contributed by atoms with Crippen molar-refractivity contribution in [3.63, 3.8) is 0 Å². The standard InChI is InChI=1S/C16H17FIN3O3/c1-9(8-22)19-16(24)11-7-21(2)15(23)6-14(11)20-13-4-3-10(18)5-12(13)17/h3-7,9,20,22H,8H2,1-2H3,(H,19,24). The van der Waals surface area contributed by atoms with Gasteiger partial charge in [0.1, 0.15) is 5.82 Å². The van der Waals surface area contributed by atoms with Gasteiger partial charge in [-0.25, -0.2) is 4.39 Å².